The quantitative estimate of drug-likeness (QED) is 0.730. The van der Waals surface area contributed by atoms with Crippen LogP contribution in [0.2, 0.25) is 0 Å². The zero-order valence-electron chi connectivity index (χ0n) is 11.4. The van der Waals surface area contributed by atoms with Crippen LogP contribution in [0.15, 0.2) is 29.2 Å². The Labute approximate surface area is 121 Å². The minimum atomic E-state index is -3.74. The van der Waals surface area contributed by atoms with Crippen LogP contribution in [0, 0.1) is 5.82 Å². The SMILES string of the molecule is CC(CC(=O)NCCC(=O)O)S(=O)(=O)c1ccc(F)cc1. The summed E-state index contributed by atoms with van der Waals surface area (Å²) in [5.41, 5.74) is 0. The second-order valence-corrected chi connectivity index (χ2v) is 6.87. The maximum absolute atomic E-state index is 12.8. The van der Waals surface area contributed by atoms with Crippen LogP contribution < -0.4 is 5.32 Å². The Morgan fingerprint density at radius 3 is 2.38 bits per heavy atom. The molecule has 1 rings (SSSR count). The first-order valence-corrected chi connectivity index (χ1v) is 7.76. The molecule has 0 spiro atoms. The summed E-state index contributed by atoms with van der Waals surface area (Å²) in [6, 6.07) is 4.35. The smallest absolute Gasteiger partial charge is 0.305 e. The predicted octanol–water partition coefficient (Wildman–Crippen LogP) is 0.969. The molecule has 0 saturated carbocycles. The van der Waals surface area contributed by atoms with Gasteiger partial charge in [0.25, 0.3) is 0 Å². The van der Waals surface area contributed by atoms with E-state index in [1.54, 1.807) is 0 Å². The normalized spacial score (nSPS) is 12.7. The summed E-state index contributed by atoms with van der Waals surface area (Å²) < 4.78 is 37.1. The van der Waals surface area contributed by atoms with E-state index in [1.807, 2.05) is 0 Å². The number of sulfone groups is 1. The summed E-state index contributed by atoms with van der Waals surface area (Å²) >= 11 is 0. The summed E-state index contributed by atoms with van der Waals surface area (Å²) in [6.07, 6.45) is -0.524. The summed E-state index contributed by atoms with van der Waals surface area (Å²) in [5.74, 6) is -2.15. The first-order chi connectivity index (χ1) is 9.73. The topological polar surface area (TPSA) is 101 Å². The molecular weight excluding hydrogens is 301 g/mol. The molecule has 8 heteroatoms. The number of aliphatic carboxylic acids is 1. The number of halogens is 1. The second-order valence-electron chi connectivity index (χ2n) is 4.51. The molecule has 0 aliphatic carbocycles. The van der Waals surface area contributed by atoms with Crippen molar-refractivity contribution in [1.29, 1.82) is 0 Å². The lowest BCUT2D eigenvalue weighted by Crippen LogP contribution is -2.31. The number of carbonyl (C=O) groups excluding carboxylic acids is 1. The lowest BCUT2D eigenvalue weighted by Gasteiger charge is -2.13. The van der Waals surface area contributed by atoms with Crippen LogP contribution in [-0.2, 0) is 19.4 Å². The highest BCUT2D eigenvalue weighted by molar-refractivity contribution is 7.92. The van der Waals surface area contributed by atoms with Gasteiger partial charge in [-0.25, -0.2) is 12.8 Å². The molecule has 1 aromatic rings. The lowest BCUT2D eigenvalue weighted by atomic mass is 10.3. The number of carboxylic acid groups (broad SMARTS) is 1. The van der Waals surface area contributed by atoms with Crippen molar-refractivity contribution in [2.75, 3.05) is 6.54 Å². The molecule has 6 nitrogen and oxygen atoms in total. The van der Waals surface area contributed by atoms with Crippen molar-refractivity contribution < 1.29 is 27.5 Å². The van der Waals surface area contributed by atoms with Gasteiger partial charge in [0.05, 0.1) is 16.6 Å². The number of hydrogen-bond acceptors (Lipinski definition) is 4. The highest BCUT2D eigenvalue weighted by Gasteiger charge is 2.25. The fraction of sp³-hybridized carbons (Fsp3) is 0.385. The van der Waals surface area contributed by atoms with Gasteiger partial charge in [-0.3, -0.25) is 9.59 Å². The van der Waals surface area contributed by atoms with E-state index in [9.17, 15) is 22.4 Å². The minimum absolute atomic E-state index is 0.0581. The van der Waals surface area contributed by atoms with E-state index in [0.29, 0.717) is 0 Å². The van der Waals surface area contributed by atoms with Crippen molar-refractivity contribution in [1.82, 2.24) is 5.32 Å². The van der Waals surface area contributed by atoms with Gasteiger partial charge < -0.3 is 10.4 Å². The molecular formula is C13H16FNO5S. The molecule has 0 radical (unpaired) electrons. The van der Waals surface area contributed by atoms with Gasteiger partial charge in [0.15, 0.2) is 9.84 Å². The summed E-state index contributed by atoms with van der Waals surface area (Å²) in [5, 5.41) is 9.77. The molecule has 1 unspecified atom stereocenters. The van der Waals surface area contributed by atoms with Gasteiger partial charge >= 0.3 is 5.97 Å². The summed E-state index contributed by atoms with van der Waals surface area (Å²) in [7, 11) is -3.74. The molecule has 0 aromatic heterocycles. The zero-order valence-corrected chi connectivity index (χ0v) is 12.2. The number of carboxylic acids is 1. The zero-order chi connectivity index (χ0) is 16.0. The Hall–Kier alpha value is -1.96. The van der Waals surface area contributed by atoms with Crippen LogP contribution in [0.3, 0.4) is 0 Å². The third-order valence-electron chi connectivity index (χ3n) is 2.81. The molecule has 21 heavy (non-hydrogen) atoms. The number of nitrogens with one attached hydrogen (secondary N) is 1. The van der Waals surface area contributed by atoms with E-state index in [0.717, 1.165) is 24.3 Å². The molecule has 1 atom stereocenters. The lowest BCUT2D eigenvalue weighted by molar-refractivity contribution is -0.136. The van der Waals surface area contributed by atoms with E-state index >= 15 is 0 Å². The van der Waals surface area contributed by atoms with Crippen LogP contribution >= 0.6 is 0 Å². The molecule has 1 amide bonds. The largest absolute Gasteiger partial charge is 0.481 e. The maximum atomic E-state index is 12.8. The van der Waals surface area contributed by atoms with Gasteiger partial charge in [-0.2, -0.15) is 0 Å². The van der Waals surface area contributed by atoms with Gasteiger partial charge in [-0.15, -0.1) is 0 Å². The Balaban J connectivity index is 2.65. The van der Waals surface area contributed by atoms with Crippen LogP contribution in [-0.4, -0.2) is 37.2 Å². The van der Waals surface area contributed by atoms with Crippen molar-refractivity contribution >= 4 is 21.7 Å². The monoisotopic (exact) mass is 317 g/mol. The maximum Gasteiger partial charge on any atom is 0.305 e. The van der Waals surface area contributed by atoms with Crippen molar-refractivity contribution in [3.8, 4) is 0 Å². The number of amides is 1. The van der Waals surface area contributed by atoms with Crippen LogP contribution in [0.4, 0.5) is 4.39 Å². The van der Waals surface area contributed by atoms with Gasteiger partial charge in [-0.1, -0.05) is 0 Å². The van der Waals surface area contributed by atoms with Gasteiger partial charge in [0.1, 0.15) is 5.82 Å². The predicted molar refractivity (Wildman–Crippen MR) is 72.9 cm³/mol. The van der Waals surface area contributed by atoms with E-state index in [2.05, 4.69) is 5.32 Å². The van der Waals surface area contributed by atoms with Crippen LogP contribution in [0.5, 0.6) is 0 Å². The Morgan fingerprint density at radius 2 is 1.86 bits per heavy atom. The Bertz CT molecular complexity index is 612. The molecule has 2 N–H and O–H groups in total. The average Bonchev–Trinajstić information content (AvgIpc) is 2.38. The Kier molecular flexibility index (Phi) is 5.83. The average molecular weight is 317 g/mol. The summed E-state index contributed by atoms with van der Waals surface area (Å²) in [4.78, 5) is 21.8. The van der Waals surface area contributed by atoms with Crippen LogP contribution in [0.25, 0.3) is 0 Å². The third-order valence-corrected chi connectivity index (χ3v) is 4.96. The second kappa shape index (κ2) is 7.16. The third kappa shape index (κ3) is 5.14. The first-order valence-electron chi connectivity index (χ1n) is 6.21. The van der Waals surface area contributed by atoms with E-state index in [-0.39, 0.29) is 24.3 Å². The van der Waals surface area contributed by atoms with Gasteiger partial charge in [0, 0.05) is 13.0 Å². The number of benzene rings is 1. The molecule has 116 valence electrons. The number of rotatable bonds is 7. The molecule has 0 aliphatic rings. The Morgan fingerprint density at radius 1 is 1.29 bits per heavy atom. The summed E-state index contributed by atoms with van der Waals surface area (Å²) in [6.45, 7) is 1.31. The van der Waals surface area contributed by atoms with E-state index in [1.165, 1.54) is 6.92 Å². The fourth-order valence-electron chi connectivity index (χ4n) is 1.61. The van der Waals surface area contributed by atoms with Gasteiger partial charge in [-0.05, 0) is 31.2 Å². The highest BCUT2D eigenvalue weighted by Crippen LogP contribution is 2.18. The van der Waals surface area contributed by atoms with Crippen molar-refractivity contribution in [3.63, 3.8) is 0 Å². The highest BCUT2D eigenvalue weighted by atomic mass is 32.2. The molecule has 0 fully saturated rings. The molecule has 0 bridgehead atoms. The fourth-order valence-corrected chi connectivity index (χ4v) is 2.96. The van der Waals surface area contributed by atoms with E-state index < -0.39 is 32.8 Å². The minimum Gasteiger partial charge on any atom is -0.481 e. The van der Waals surface area contributed by atoms with Crippen molar-refractivity contribution in [3.05, 3.63) is 30.1 Å². The van der Waals surface area contributed by atoms with Crippen molar-refractivity contribution in [2.45, 2.75) is 29.9 Å². The molecule has 0 heterocycles. The van der Waals surface area contributed by atoms with Crippen LogP contribution in [0.1, 0.15) is 19.8 Å². The molecule has 1 aromatic carbocycles. The van der Waals surface area contributed by atoms with Crippen molar-refractivity contribution in [2.24, 2.45) is 0 Å². The van der Waals surface area contributed by atoms with E-state index in [4.69, 9.17) is 5.11 Å². The van der Waals surface area contributed by atoms with Gasteiger partial charge in [0.2, 0.25) is 5.91 Å². The standard InChI is InChI=1S/C13H16FNO5S/c1-9(8-12(16)15-7-6-13(17)18)21(19,20)11-4-2-10(14)3-5-11/h2-5,9H,6-8H2,1H3,(H,15,16)(H,17,18). The molecule has 0 aliphatic heterocycles. The molecule has 0 saturated heterocycles. The number of carbonyl (C=O) groups is 2. The number of hydrogen-bond donors (Lipinski definition) is 2. The first kappa shape index (κ1) is 17.1.